The van der Waals surface area contributed by atoms with Gasteiger partial charge in [0.15, 0.2) is 0 Å². The Morgan fingerprint density at radius 3 is 2.20 bits per heavy atom. The largest absolute Gasteiger partial charge is 0.319 e. The number of rotatable bonds is 5. The molecule has 0 aliphatic carbocycles. The fraction of sp³-hybridized carbons (Fsp3) is 0.250. The standard InChI is InChI=1S/C16H16BrCl2N/c1-20-10-12(11-5-7-13(17)8-6-11)9-14-15(18)3-2-4-16(14)19/h2-8,12,20H,9-10H2,1H3. The average molecular weight is 373 g/mol. The molecule has 0 saturated carbocycles. The van der Waals surface area contributed by atoms with Crippen LogP contribution in [0.5, 0.6) is 0 Å². The van der Waals surface area contributed by atoms with Gasteiger partial charge < -0.3 is 5.32 Å². The van der Waals surface area contributed by atoms with E-state index >= 15 is 0 Å². The lowest BCUT2D eigenvalue weighted by Crippen LogP contribution is -2.19. The molecule has 1 atom stereocenters. The van der Waals surface area contributed by atoms with Gasteiger partial charge >= 0.3 is 0 Å². The minimum absolute atomic E-state index is 0.338. The van der Waals surface area contributed by atoms with Crippen molar-refractivity contribution >= 4 is 39.1 Å². The van der Waals surface area contributed by atoms with E-state index < -0.39 is 0 Å². The minimum atomic E-state index is 0.338. The molecule has 0 aliphatic heterocycles. The molecule has 0 spiro atoms. The van der Waals surface area contributed by atoms with Crippen LogP contribution < -0.4 is 5.32 Å². The third kappa shape index (κ3) is 3.98. The van der Waals surface area contributed by atoms with Crippen molar-refractivity contribution in [3.05, 3.63) is 68.1 Å². The van der Waals surface area contributed by atoms with E-state index in [2.05, 4.69) is 45.5 Å². The Morgan fingerprint density at radius 1 is 1.05 bits per heavy atom. The third-order valence-electron chi connectivity index (χ3n) is 3.30. The van der Waals surface area contributed by atoms with Crippen molar-refractivity contribution in [2.45, 2.75) is 12.3 Å². The summed E-state index contributed by atoms with van der Waals surface area (Å²) in [5, 5.41) is 4.71. The zero-order chi connectivity index (χ0) is 14.5. The summed E-state index contributed by atoms with van der Waals surface area (Å²) in [6, 6.07) is 14.1. The summed E-state index contributed by atoms with van der Waals surface area (Å²) in [5.41, 5.74) is 2.29. The molecule has 1 nitrogen and oxygen atoms in total. The lowest BCUT2D eigenvalue weighted by atomic mass is 9.92. The second-order valence-electron chi connectivity index (χ2n) is 4.71. The SMILES string of the molecule is CNCC(Cc1c(Cl)cccc1Cl)c1ccc(Br)cc1. The van der Waals surface area contributed by atoms with Gasteiger partial charge in [-0.15, -0.1) is 0 Å². The molecule has 0 aliphatic rings. The predicted octanol–water partition coefficient (Wildman–Crippen LogP) is 5.30. The Balaban J connectivity index is 2.28. The first-order chi connectivity index (χ1) is 9.61. The van der Waals surface area contributed by atoms with Crippen LogP contribution in [0, 0.1) is 0 Å². The first-order valence-corrected chi connectivity index (χ1v) is 7.99. The monoisotopic (exact) mass is 371 g/mol. The maximum Gasteiger partial charge on any atom is 0.0453 e. The summed E-state index contributed by atoms with van der Waals surface area (Å²) < 4.78 is 1.08. The molecule has 1 N–H and O–H groups in total. The van der Waals surface area contributed by atoms with Crippen molar-refractivity contribution in [1.82, 2.24) is 5.32 Å². The van der Waals surface area contributed by atoms with Gasteiger partial charge in [0, 0.05) is 27.0 Å². The summed E-state index contributed by atoms with van der Waals surface area (Å²) in [6.07, 6.45) is 0.820. The molecular weight excluding hydrogens is 357 g/mol. The first kappa shape index (κ1) is 15.8. The quantitative estimate of drug-likeness (QED) is 0.750. The molecule has 106 valence electrons. The van der Waals surface area contributed by atoms with Gasteiger partial charge in [0.25, 0.3) is 0 Å². The molecule has 0 heterocycles. The Labute approximate surface area is 138 Å². The second kappa shape index (κ2) is 7.46. The molecule has 2 aromatic carbocycles. The summed E-state index contributed by atoms with van der Waals surface area (Å²) in [7, 11) is 1.96. The summed E-state index contributed by atoms with van der Waals surface area (Å²) in [4.78, 5) is 0. The van der Waals surface area contributed by atoms with Crippen LogP contribution in [0.4, 0.5) is 0 Å². The van der Waals surface area contributed by atoms with Crippen LogP contribution >= 0.6 is 39.1 Å². The minimum Gasteiger partial charge on any atom is -0.319 e. The van der Waals surface area contributed by atoms with Crippen molar-refractivity contribution in [2.75, 3.05) is 13.6 Å². The van der Waals surface area contributed by atoms with E-state index in [4.69, 9.17) is 23.2 Å². The van der Waals surface area contributed by atoms with Gasteiger partial charge in [-0.3, -0.25) is 0 Å². The van der Waals surface area contributed by atoms with Gasteiger partial charge in [-0.05, 0) is 48.9 Å². The molecule has 0 radical (unpaired) electrons. The van der Waals surface area contributed by atoms with Gasteiger partial charge in [0.2, 0.25) is 0 Å². The number of hydrogen-bond donors (Lipinski definition) is 1. The molecule has 1 unspecified atom stereocenters. The van der Waals surface area contributed by atoms with Crippen LogP contribution in [0.15, 0.2) is 46.9 Å². The normalized spacial score (nSPS) is 12.4. The van der Waals surface area contributed by atoms with Crippen LogP contribution in [0.25, 0.3) is 0 Å². The molecule has 0 bridgehead atoms. The Kier molecular flexibility index (Phi) is 5.91. The second-order valence-corrected chi connectivity index (χ2v) is 6.44. The summed E-state index contributed by atoms with van der Waals surface area (Å²) in [5.74, 6) is 0.338. The highest BCUT2D eigenvalue weighted by atomic mass is 79.9. The van der Waals surface area contributed by atoms with Crippen molar-refractivity contribution < 1.29 is 0 Å². The van der Waals surface area contributed by atoms with Gasteiger partial charge in [0.1, 0.15) is 0 Å². The molecule has 0 saturated heterocycles. The zero-order valence-electron chi connectivity index (χ0n) is 11.2. The molecule has 0 aromatic heterocycles. The van der Waals surface area contributed by atoms with Crippen molar-refractivity contribution in [3.63, 3.8) is 0 Å². The van der Waals surface area contributed by atoms with Crippen LogP contribution in [0.1, 0.15) is 17.0 Å². The van der Waals surface area contributed by atoms with Crippen LogP contribution in [-0.2, 0) is 6.42 Å². The molecule has 2 rings (SSSR count). The third-order valence-corrected chi connectivity index (χ3v) is 4.54. The van der Waals surface area contributed by atoms with Gasteiger partial charge in [-0.1, -0.05) is 57.3 Å². The van der Waals surface area contributed by atoms with Gasteiger partial charge in [-0.25, -0.2) is 0 Å². The molecule has 20 heavy (non-hydrogen) atoms. The lowest BCUT2D eigenvalue weighted by Gasteiger charge is -2.19. The molecule has 0 fully saturated rings. The number of hydrogen-bond acceptors (Lipinski definition) is 1. The molecule has 2 aromatic rings. The fourth-order valence-electron chi connectivity index (χ4n) is 2.26. The highest BCUT2D eigenvalue weighted by Crippen LogP contribution is 2.30. The van der Waals surface area contributed by atoms with Crippen molar-refractivity contribution in [2.24, 2.45) is 0 Å². The van der Waals surface area contributed by atoms with Crippen LogP contribution in [0.2, 0.25) is 10.0 Å². The van der Waals surface area contributed by atoms with E-state index in [1.165, 1.54) is 5.56 Å². The average Bonchev–Trinajstić information content (AvgIpc) is 2.43. The van der Waals surface area contributed by atoms with E-state index in [1.54, 1.807) is 0 Å². The van der Waals surface area contributed by atoms with E-state index in [0.29, 0.717) is 5.92 Å². The van der Waals surface area contributed by atoms with Gasteiger partial charge in [-0.2, -0.15) is 0 Å². The maximum absolute atomic E-state index is 6.27. The van der Waals surface area contributed by atoms with E-state index in [-0.39, 0.29) is 0 Å². The molecular formula is C16H16BrCl2N. The predicted molar refractivity (Wildman–Crippen MR) is 91.0 cm³/mol. The van der Waals surface area contributed by atoms with Crippen molar-refractivity contribution in [1.29, 1.82) is 0 Å². The molecule has 0 amide bonds. The Bertz CT molecular complexity index is 549. The fourth-order valence-corrected chi connectivity index (χ4v) is 3.08. The van der Waals surface area contributed by atoms with Gasteiger partial charge in [0.05, 0.1) is 0 Å². The number of nitrogens with one attached hydrogen (secondary N) is 1. The summed E-state index contributed by atoms with van der Waals surface area (Å²) in [6.45, 7) is 0.878. The van der Waals surface area contributed by atoms with E-state index in [0.717, 1.165) is 33.0 Å². The highest BCUT2D eigenvalue weighted by Gasteiger charge is 2.15. The Hall–Kier alpha value is -0.540. The number of benzene rings is 2. The highest BCUT2D eigenvalue weighted by molar-refractivity contribution is 9.10. The Morgan fingerprint density at radius 2 is 1.65 bits per heavy atom. The number of halogens is 3. The van der Waals surface area contributed by atoms with Crippen LogP contribution in [0.3, 0.4) is 0 Å². The topological polar surface area (TPSA) is 12.0 Å². The van der Waals surface area contributed by atoms with E-state index in [9.17, 15) is 0 Å². The smallest absolute Gasteiger partial charge is 0.0453 e. The van der Waals surface area contributed by atoms with E-state index in [1.807, 2.05) is 25.2 Å². The lowest BCUT2D eigenvalue weighted by molar-refractivity contribution is 0.626. The summed E-state index contributed by atoms with van der Waals surface area (Å²) >= 11 is 16.0. The number of likely N-dealkylation sites (N-methyl/N-ethyl adjacent to an activating group) is 1. The van der Waals surface area contributed by atoms with Crippen LogP contribution in [-0.4, -0.2) is 13.6 Å². The zero-order valence-corrected chi connectivity index (χ0v) is 14.3. The first-order valence-electron chi connectivity index (χ1n) is 6.44. The maximum atomic E-state index is 6.27. The van der Waals surface area contributed by atoms with Crippen molar-refractivity contribution in [3.8, 4) is 0 Å². The molecule has 4 heteroatoms.